The third kappa shape index (κ3) is 4.25. The quantitative estimate of drug-likeness (QED) is 0.616. The fraction of sp³-hybridized carbons (Fsp3) is 0.833. The summed E-state index contributed by atoms with van der Waals surface area (Å²) in [6, 6.07) is 0.274. The number of rotatable bonds is 5. The van der Waals surface area contributed by atoms with Crippen LogP contribution in [0, 0.1) is 0 Å². The maximum Gasteiger partial charge on any atom is 0.410 e. The van der Waals surface area contributed by atoms with Crippen molar-refractivity contribution in [2.24, 2.45) is 0 Å². The lowest BCUT2D eigenvalue weighted by Crippen LogP contribution is -2.54. The first-order chi connectivity index (χ1) is 10.2. The number of allylic oxidation sites excluding steroid dienone is 1. The van der Waals surface area contributed by atoms with E-state index in [0.717, 1.165) is 38.5 Å². The van der Waals surface area contributed by atoms with Crippen LogP contribution in [0.25, 0.3) is 0 Å². The Bertz CT molecular complexity index is 399. The van der Waals surface area contributed by atoms with Crippen molar-refractivity contribution in [3.05, 3.63) is 12.7 Å². The van der Waals surface area contributed by atoms with Crippen molar-refractivity contribution >= 4 is 6.09 Å². The van der Waals surface area contributed by atoms with Crippen LogP contribution in [0.4, 0.5) is 4.79 Å². The molecular formula is C18H31NO3. The summed E-state index contributed by atoms with van der Waals surface area (Å²) in [7, 11) is 0. The summed E-state index contributed by atoms with van der Waals surface area (Å²) < 4.78 is 5.53. The highest BCUT2D eigenvalue weighted by Gasteiger charge is 2.49. The van der Waals surface area contributed by atoms with E-state index < -0.39 is 11.2 Å². The van der Waals surface area contributed by atoms with Gasteiger partial charge in [-0.05, 0) is 65.7 Å². The van der Waals surface area contributed by atoms with Crippen LogP contribution in [0.1, 0.15) is 72.1 Å². The van der Waals surface area contributed by atoms with E-state index in [1.165, 1.54) is 0 Å². The number of nitrogens with zero attached hydrogens (tertiary/aromatic N) is 1. The number of ether oxygens (including phenoxy) is 1. The van der Waals surface area contributed by atoms with Crippen molar-refractivity contribution in [2.45, 2.75) is 95.4 Å². The minimum Gasteiger partial charge on any atom is -0.444 e. The van der Waals surface area contributed by atoms with Gasteiger partial charge < -0.3 is 14.7 Å². The zero-order valence-corrected chi connectivity index (χ0v) is 14.3. The molecule has 0 radical (unpaired) electrons. The Morgan fingerprint density at radius 1 is 1.32 bits per heavy atom. The predicted octanol–water partition coefficient (Wildman–Crippen LogP) is 4.03. The smallest absolute Gasteiger partial charge is 0.410 e. The largest absolute Gasteiger partial charge is 0.444 e. The van der Waals surface area contributed by atoms with Crippen molar-refractivity contribution in [1.82, 2.24) is 4.90 Å². The molecule has 2 saturated heterocycles. The molecule has 2 unspecified atom stereocenters. The molecule has 4 nitrogen and oxygen atoms in total. The maximum atomic E-state index is 12.4. The van der Waals surface area contributed by atoms with Crippen LogP contribution in [0.2, 0.25) is 0 Å². The van der Waals surface area contributed by atoms with Gasteiger partial charge in [0.1, 0.15) is 5.60 Å². The monoisotopic (exact) mass is 309 g/mol. The van der Waals surface area contributed by atoms with E-state index in [0.29, 0.717) is 12.8 Å². The topological polar surface area (TPSA) is 49.8 Å². The summed E-state index contributed by atoms with van der Waals surface area (Å²) in [5, 5.41) is 10.9. The van der Waals surface area contributed by atoms with Crippen LogP contribution in [-0.4, -0.2) is 39.4 Å². The van der Waals surface area contributed by atoms with Crippen LogP contribution in [-0.2, 0) is 4.74 Å². The second kappa shape index (κ2) is 6.61. The average molecular weight is 309 g/mol. The van der Waals surface area contributed by atoms with E-state index >= 15 is 0 Å². The van der Waals surface area contributed by atoms with Gasteiger partial charge in [-0.2, -0.15) is 0 Å². The summed E-state index contributed by atoms with van der Waals surface area (Å²) in [6.45, 7) is 9.42. The Labute approximate surface area is 134 Å². The highest BCUT2D eigenvalue weighted by molar-refractivity contribution is 5.69. The van der Waals surface area contributed by atoms with E-state index in [-0.39, 0.29) is 18.2 Å². The van der Waals surface area contributed by atoms with E-state index in [1.54, 1.807) is 0 Å². The molecule has 2 aliphatic heterocycles. The molecular weight excluding hydrogens is 278 g/mol. The van der Waals surface area contributed by atoms with Gasteiger partial charge in [0.15, 0.2) is 0 Å². The molecule has 126 valence electrons. The minimum absolute atomic E-state index is 0.137. The van der Waals surface area contributed by atoms with Gasteiger partial charge in [0.25, 0.3) is 0 Å². The summed E-state index contributed by atoms with van der Waals surface area (Å²) >= 11 is 0. The molecule has 0 spiro atoms. The number of carbonyl (C=O) groups is 1. The number of fused-ring (bicyclic) bond motifs is 2. The fourth-order valence-corrected chi connectivity index (χ4v) is 3.88. The number of unbranched alkanes of at least 4 members (excludes halogenated alkanes) is 2. The van der Waals surface area contributed by atoms with E-state index in [1.807, 2.05) is 31.7 Å². The molecule has 2 atom stereocenters. The third-order valence-electron chi connectivity index (χ3n) is 4.76. The molecule has 2 fully saturated rings. The molecule has 1 N–H and O–H groups in total. The summed E-state index contributed by atoms with van der Waals surface area (Å²) in [5.41, 5.74) is -1.07. The molecule has 2 aliphatic rings. The Morgan fingerprint density at radius 3 is 2.41 bits per heavy atom. The normalized spacial score (nSPS) is 31.2. The molecule has 0 aromatic heterocycles. The number of carbonyl (C=O) groups excluding carboxylic acids is 1. The lowest BCUT2D eigenvalue weighted by atomic mass is 9.82. The Balaban J connectivity index is 1.93. The Morgan fingerprint density at radius 2 is 1.91 bits per heavy atom. The maximum absolute atomic E-state index is 12.4. The molecule has 0 aliphatic carbocycles. The van der Waals surface area contributed by atoms with Gasteiger partial charge in [0.2, 0.25) is 0 Å². The zero-order valence-electron chi connectivity index (χ0n) is 14.3. The lowest BCUT2D eigenvalue weighted by Gasteiger charge is -2.44. The van der Waals surface area contributed by atoms with Crippen molar-refractivity contribution in [2.75, 3.05) is 0 Å². The number of piperidine rings is 1. The van der Waals surface area contributed by atoms with Crippen LogP contribution >= 0.6 is 0 Å². The van der Waals surface area contributed by atoms with E-state index in [4.69, 9.17) is 4.74 Å². The van der Waals surface area contributed by atoms with Crippen LogP contribution in [0.5, 0.6) is 0 Å². The van der Waals surface area contributed by atoms with Gasteiger partial charge in [0.05, 0.1) is 5.60 Å². The van der Waals surface area contributed by atoms with Gasteiger partial charge >= 0.3 is 6.09 Å². The highest BCUT2D eigenvalue weighted by Crippen LogP contribution is 2.43. The molecule has 2 heterocycles. The zero-order chi connectivity index (χ0) is 16.4. The second-order valence-corrected chi connectivity index (χ2v) is 7.94. The molecule has 2 bridgehead atoms. The molecule has 22 heavy (non-hydrogen) atoms. The minimum atomic E-state index is -0.606. The van der Waals surface area contributed by atoms with Crippen molar-refractivity contribution in [3.8, 4) is 0 Å². The van der Waals surface area contributed by atoms with Crippen LogP contribution in [0.15, 0.2) is 12.7 Å². The SMILES string of the molecule is C=CCCCCC1(O)CC2CCC(C1)N2C(=O)OC(C)(C)C. The van der Waals surface area contributed by atoms with Crippen molar-refractivity contribution in [3.63, 3.8) is 0 Å². The van der Waals surface area contributed by atoms with Gasteiger partial charge in [-0.3, -0.25) is 0 Å². The molecule has 0 aromatic rings. The average Bonchev–Trinajstić information content (AvgIpc) is 2.67. The standard InChI is InChI=1S/C18H31NO3/c1-5-6-7-8-11-18(21)12-14-9-10-15(13-18)19(14)16(20)22-17(2,3)4/h5,14-15,21H,1,6-13H2,2-4H3. The summed E-state index contributed by atoms with van der Waals surface area (Å²) in [6.07, 6.45) is 9.01. The number of hydrogen-bond donors (Lipinski definition) is 1. The van der Waals surface area contributed by atoms with Crippen LogP contribution in [0.3, 0.4) is 0 Å². The first kappa shape index (κ1) is 17.3. The Hall–Kier alpha value is -1.03. The fourth-order valence-electron chi connectivity index (χ4n) is 3.88. The van der Waals surface area contributed by atoms with Gasteiger partial charge in [-0.1, -0.05) is 12.5 Å². The number of amides is 1. The van der Waals surface area contributed by atoms with Crippen LogP contribution < -0.4 is 0 Å². The summed E-state index contributed by atoms with van der Waals surface area (Å²) in [4.78, 5) is 14.3. The van der Waals surface area contributed by atoms with Gasteiger partial charge in [-0.15, -0.1) is 6.58 Å². The predicted molar refractivity (Wildman–Crippen MR) is 87.7 cm³/mol. The van der Waals surface area contributed by atoms with Crippen molar-refractivity contribution < 1.29 is 14.6 Å². The lowest BCUT2D eigenvalue weighted by molar-refractivity contribution is -0.0634. The Kier molecular flexibility index (Phi) is 5.21. The first-order valence-corrected chi connectivity index (χ1v) is 8.59. The van der Waals surface area contributed by atoms with Crippen molar-refractivity contribution in [1.29, 1.82) is 0 Å². The highest BCUT2D eigenvalue weighted by atomic mass is 16.6. The van der Waals surface area contributed by atoms with E-state index in [9.17, 15) is 9.90 Å². The number of aliphatic hydroxyl groups is 1. The molecule has 0 saturated carbocycles. The summed E-state index contributed by atoms with van der Waals surface area (Å²) in [5.74, 6) is 0. The van der Waals surface area contributed by atoms with Gasteiger partial charge in [0, 0.05) is 12.1 Å². The molecule has 1 amide bonds. The molecule has 4 heteroatoms. The number of hydrogen-bond acceptors (Lipinski definition) is 3. The second-order valence-electron chi connectivity index (χ2n) is 7.94. The molecule has 2 rings (SSSR count). The molecule has 0 aromatic carbocycles. The first-order valence-electron chi connectivity index (χ1n) is 8.59. The van der Waals surface area contributed by atoms with Gasteiger partial charge in [-0.25, -0.2) is 4.79 Å². The third-order valence-corrected chi connectivity index (χ3v) is 4.76. The van der Waals surface area contributed by atoms with E-state index in [2.05, 4.69) is 6.58 Å².